The molecule has 6 heteroatoms. The van der Waals surface area contributed by atoms with Crippen molar-refractivity contribution in [1.29, 1.82) is 0 Å². The van der Waals surface area contributed by atoms with Crippen molar-refractivity contribution >= 4 is 5.97 Å². The van der Waals surface area contributed by atoms with Gasteiger partial charge in [0.05, 0.1) is 18.5 Å². The summed E-state index contributed by atoms with van der Waals surface area (Å²) in [6.07, 6.45) is 2.29. The Kier molecular flexibility index (Phi) is 2.20. The van der Waals surface area contributed by atoms with Gasteiger partial charge in [-0.25, -0.2) is 10.0 Å². The van der Waals surface area contributed by atoms with Gasteiger partial charge in [-0.3, -0.25) is 15.6 Å². The Balaban J connectivity index is 1.33. The highest BCUT2D eigenvalue weighted by atomic mass is 16.6. The van der Waals surface area contributed by atoms with E-state index in [2.05, 4.69) is 20.9 Å². The molecule has 0 aromatic carbocycles. The summed E-state index contributed by atoms with van der Waals surface area (Å²) in [5.74, 6) is 0.125. The van der Waals surface area contributed by atoms with Crippen LogP contribution in [-0.4, -0.2) is 60.4 Å². The van der Waals surface area contributed by atoms with Gasteiger partial charge in [-0.2, -0.15) is 0 Å². The average molecular weight is 238 g/mol. The van der Waals surface area contributed by atoms with Crippen LogP contribution in [0.2, 0.25) is 0 Å². The summed E-state index contributed by atoms with van der Waals surface area (Å²) >= 11 is 0. The molecule has 2 N–H and O–H groups in total. The van der Waals surface area contributed by atoms with Crippen LogP contribution < -0.4 is 10.9 Å². The van der Waals surface area contributed by atoms with Gasteiger partial charge in [0, 0.05) is 25.7 Å². The highest BCUT2D eigenvalue weighted by molar-refractivity contribution is 5.75. The van der Waals surface area contributed by atoms with Gasteiger partial charge in [-0.15, -0.1) is 0 Å². The van der Waals surface area contributed by atoms with Crippen LogP contribution in [0.4, 0.5) is 0 Å². The summed E-state index contributed by atoms with van der Waals surface area (Å²) in [5.41, 5.74) is 6.54. The van der Waals surface area contributed by atoms with Gasteiger partial charge < -0.3 is 4.74 Å². The highest BCUT2D eigenvalue weighted by Crippen LogP contribution is 2.32. The number of hydrogen-bond donors (Lipinski definition) is 2. The van der Waals surface area contributed by atoms with Crippen molar-refractivity contribution in [2.24, 2.45) is 5.92 Å². The SMILES string of the molecule is O=C(OC1CN2NCCC12)C1CN2NCCC12. The first kappa shape index (κ1) is 10.3. The Hall–Kier alpha value is -0.690. The Morgan fingerprint density at radius 2 is 1.76 bits per heavy atom. The molecule has 4 saturated heterocycles. The van der Waals surface area contributed by atoms with Gasteiger partial charge in [0.15, 0.2) is 0 Å². The second-order valence-corrected chi connectivity index (χ2v) is 5.41. The molecular weight excluding hydrogens is 220 g/mol. The molecule has 4 atom stereocenters. The van der Waals surface area contributed by atoms with Crippen LogP contribution in [0.15, 0.2) is 0 Å². The van der Waals surface area contributed by atoms with Gasteiger partial charge in [0.25, 0.3) is 0 Å². The summed E-state index contributed by atoms with van der Waals surface area (Å²) in [6.45, 7) is 3.69. The van der Waals surface area contributed by atoms with E-state index in [1.165, 1.54) is 0 Å². The number of rotatable bonds is 2. The lowest BCUT2D eigenvalue weighted by Gasteiger charge is -2.45. The molecule has 0 aliphatic carbocycles. The average Bonchev–Trinajstić information content (AvgIpc) is 2.80. The van der Waals surface area contributed by atoms with Gasteiger partial charge in [-0.1, -0.05) is 0 Å². The van der Waals surface area contributed by atoms with Crippen LogP contribution in [0.1, 0.15) is 12.8 Å². The van der Waals surface area contributed by atoms with Crippen LogP contribution in [0.5, 0.6) is 0 Å². The zero-order valence-corrected chi connectivity index (χ0v) is 9.76. The van der Waals surface area contributed by atoms with Crippen LogP contribution in [0.3, 0.4) is 0 Å². The topological polar surface area (TPSA) is 56.8 Å². The first-order chi connectivity index (χ1) is 8.33. The smallest absolute Gasteiger partial charge is 0.312 e. The summed E-state index contributed by atoms with van der Waals surface area (Å²) in [7, 11) is 0. The van der Waals surface area contributed by atoms with Crippen molar-refractivity contribution in [2.45, 2.75) is 31.0 Å². The predicted octanol–water partition coefficient (Wildman–Crippen LogP) is -1.30. The molecule has 0 spiro atoms. The fourth-order valence-electron chi connectivity index (χ4n) is 3.42. The lowest BCUT2D eigenvalue weighted by molar-refractivity contribution is -0.180. The fraction of sp³-hybridized carbons (Fsp3) is 0.909. The summed E-state index contributed by atoms with van der Waals surface area (Å²) in [4.78, 5) is 12.0. The van der Waals surface area contributed by atoms with Crippen molar-refractivity contribution in [3.05, 3.63) is 0 Å². The molecule has 0 radical (unpaired) electrons. The number of nitrogens with zero attached hydrogens (tertiary/aromatic N) is 2. The predicted molar refractivity (Wildman–Crippen MR) is 59.6 cm³/mol. The third-order valence-electron chi connectivity index (χ3n) is 4.54. The first-order valence-corrected chi connectivity index (χ1v) is 6.54. The minimum Gasteiger partial charge on any atom is -0.459 e. The summed E-state index contributed by atoms with van der Waals surface area (Å²) in [6, 6.07) is 0.817. The standard InChI is InChI=1S/C11H18N4O2/c16-11(7-5-14-8(7)1-3-12-14)17-10-6-15-9(10)2-4-13-15/h7-10,12-13H,1-6H2. The molecular formula is C11H18N4O2. The lowest BCUT2D eigenvalue weighted by Crippen LogP contribution is -2.64. The van der Waals surface area contributed by atoms with Gasteiger partial charge in [0.2, 0.25) is 0 Å². The molecule has 4 unspecified atom stereocenters. The van der Waals surface area contributed by atoms with E-state index in [1.54, 1.807) is 0 Å². The molecule has 0 amide bonds. The molecule has 4 fully saturated rings. The van der Waals surface area contributed by atoms with E-state index in [-0.39, 0.29) is 18.0 Å². The normalized spacial score (nSPS) is 44.7. The number of ether oxygens (including phenoxy) is 1. The van der Waals surface area contributed by atoms with E-state index < -0.39 is 0 Å². The largest absolute Gasteiger partial charge is 0.459 e. The van der Waals surface area contributed by atoms with E-state index in [1.807, 2.05) is 0 Å². The molecule has 4 aliphatic heterocycles. The molecule has 4 heterocycles. The Bertz CT molecular complexity index is 350. The molecule has 6 nitrogen and oxygen atoms in total. The number of carbonyl (C=O) groups is 1. The van der Waals surface area contributed by atoms with E-state index in [0.29, 0.717) is 12.1 Å². The first-order valence-electron chi connectivity index (χ1n) is 6.54. The molecule has 4 aliphatic rings. The number of esters is 1. The maximum absolute atomic E-state index is 12.0. The number of fused-ring (bicyclic) bond motifs is 2. The van der Waals surface area contributed by atoms with Crippen molar-refractivity contribution in [2.75, 3.05) is 26.2 Å². The Labute approximate surface area is 100 Å². The van der Waals surface area contributed by atoms with Crippen molar-refractivity contribution in [3.8, 4) is 0 Å². The lowest BCUT2D eigenvalue weighted by atomic mass is 9.89. The summed E-state index contributed by atoms with van der Waals surface area (Å²) < 4.78 is 5.64. The zero-order chi connectivity index (χ0) is 11.4. The number of hydrazine groups is 2. The zero-order valence-electron chi connectivity index (χ0n) is 9.76. The number of nitrogens with one attached hydrogen (secondary N) is 2. The van der Waals surface area contributed by atoms with Crippen LogP contribution >= 0.6 is 0 Å². The molecule has 0 aromatic heterocycles. The van der Waals surface area contributed by atoms with Crippen LogP contribution in [-0.2, 0) is 9.53 Å². The van der Waals surface area contributed by atoms with Gasteiger partial charge in [0.1, 0.15) is 6.10 Å². The van der Waals surface area contributed by atoms with Crippen LogP contribution in [0, 0.1) is 5.92 Å². The molecule has 0 bridgehead atoms. The quantitative estimate of drug-likeness (QED) is 0.583. The minimum atomic E-state index is 0.0199. The Morgan fingerprint density at radius 3 is 2.47 bits per heavy atom. The van der Waals surface area contributed by atoms with E-state index in [0.717, 1.165) is 39.0 Å². The van der Waals surface area contributed by atoms with Crippen molar-refractivity contribution in [3.63, 3.8) is 0 Å². The molecule has 17 heavy (non-hydrogen) atoms. The Morgan fingerprint density at radius 1 is 1.06 bits per heavy atom. The molecule has 4 rings (SSSR count). The van der Waals surface area contributed by atoms with Crippen LogP contribution in [0.25, 0.3) is 0 Å². The monoisotopic (exact) mass is 238 g/mol. The number of hydrogen-bond acceptors (Lipinski definition) is 6. The molecule has 0 aromatic rings. The minimum absolute atomic E-state index is 0.0199. The molecule has 0 saturated carbocycles. The van der Waals surface area contributed by atoms with E-state index >= 15 is 0 Å². The van der Waals surface area contributed by atoms with Crippen molar-refractivity contribution in [1.82, 2.24) is 20.9 Å². The van der Waals surface area contributed by atoms with Gasteiger partial charge in [-0.05, 0) is 12.8 Å². The molecule has 94 valence electrons. The van der Waals surface area contributed by atoms with E-state index in [4.69, 9.17) is 4.74 Å². The fourth-order valence-corrected chi connectivity index (χ4v) is 3.42. The third-order valence-corrected chi connectivity index (χ3v) is 4.54. The van der Waals surface area contributed by atoms with Crippen molar-refractivity contribution < 1.29 is 9.53 Å². The third kappa shape index (κ3) is 1.45. The maximum Gasteiger partial charge on any atom is 0.312 e. The maximum atomic E-state index is 12.0. The second kappa shape index (κ2) is 3.65. The highest BCUT2D eigenvalue weighted by Gasteiger charge is 2.50. The number of carbonyl (C=O) groups excluding carboxylic acids is 1. The second-order valence-electron chi connectivity index (χ2n) is 5.41. The van der Waals surface area contributed by atoms with E-state index in [9.17, 15) is 4.79 Å². The van der Waals surface area contributed by atoms with Gasteiger partial charge >= 0.3 is 5.97 Å². The summed E-state index contributed by atoms with van der Waals surface area (Å²) in [5, 5.41) is 4.35.